The van der Waals surface area contributed by atoms with Crippen LogP contribution in [-0.4, -0.2) is 65.3 Å². The highest BCUT2D eigenvalue weighted by Crippen LogP contribution is 2.52. The maximum Gasteiger partial charge on any atom is 0.490 e. The van der Waals surface area contributed by atoms with Gasteiger partial charge in [0.15, 0.2) is 5.75 Å². The molecule has 3 aliphatic rings. The molecule has 228 valence electrons. The summed E-state index contributed by atoms with van der Waals surface area (Å²) in [5.74, 6) is -6.53. The number of rotatable bonds is 2. The fourth-order valence-corrected chi connectivity index (χ4v) is 4.97. The largest absolute Gasteiger partial charge is 0.490 e. The molecule has 1 atom stereocenters. The fourth-order valence-electron chi connectivity index (χ4n) is 4.97. The average molecular weight is 613 g/mol. The van der Waals surface area contributed by atoms with E-state index in [1.54, 1.807) is 41.3 Å². The number of benzene rings is 1. The second kappa shape index (κ2) is 11.0. The Balaban J connectivity index is 0.000000472. The molecular weight excluding hydrogens is 591 g/mol. The number of amidine groups is 1. The Hall–Kier alpha value is -4.47. The van der Waals surface area contributed by atoms with E-state index in [2.05, 4.69) is 9.97 Å². The molecule has 0 bridgehead atoms. The first-order valence-electron chi connectivity index (χ1n) is 12.7. The first kappa shape index (κ1) is 30.0. The van der Waals surface area contributed by atoms with Crippen LogP contribution in [0.3, 0.4) is 0 Å². The van der Waals surface area contributed by atoms with Crippen LogP contribution < -0.4 is 15.4 Å². The zero-order valence-corrected chi connectivity index (χ0v) is 22.0. The van der Waals surface area contributed by atoms with Crippen molar-refractivity contribution in [2.75, 3.05) is 31.2 Å². The molecule has 1 aromatic carbocycles. The summed E-state index contributed by atoms with van der Waals surface area (Å²) in [6, 6.07) is 9.74. The number of aliphatic imine (C=N–C) groups is 1. The third kappa shape index (κ3) is 5.91. The average Bonchev–Trinajstić information content (AvgIpc) is 2.94. The monoisotopic (exact) mass is 613 g/mol. The van der Waals surface area contributed by atoms with Crippen molar-refractivity contribution in [2.24, 2.45) is 10.7 Å². The Labute approximate surface area is 238 Å². The molecule has 5 heterocycles. The van der Waals surface area contributed by atoms with Crippen LogP contribution in [0.25, 0.3) is 11.1 Å². The Morgan fingerprint density at radius 3 is 2.37 bits per heavy atom. The molecule has 0 aliphatic carbocycles. The molecule has 3 aromatic rings. The second-order valence-corrected chi connectivity index (χ2v) is 9.90. The molecule has 2 aromatic heterocycles. The number of hydrogen-bond donors (Lipinski definition) is 2. The minimum atomic E-state index is -5.08. The van der Waals surface area contributed by atoms with E-state index in [1.807, 2.05) is 0 Å². The summed E-state index contributed by atoms with van der Waals surface area (Å²) in [7, 11) is 0. The van der Waals surface area contributed by atoms with Crippen molar-refractivity contribution in [3.8, 4) is 22.6 Å². The first-order chi connectivity index (χ1) is 20.2. The minimum Gasteiger partial charge on any atom is -0.475 e. The predicted octanol–water partition coefficient (Wildman–Crippen LogP) is 5.03. The van der Waals surface area contributed by atoms with Gasteiger partial charge in [-0.05, 0) is 35.9 Å². The second-order valence-electron chi connectivity index (χ2n) is 9.90. The van der Waals surface area contributed by atoms with Gasteiger partial charge in [-0.1, -0.05) is 6.07 Å². The number of hydrogen-bond acceptors (Lipinski definition) is 8. The Morgan fingerprint density at radius 2 is 1.74 bits per heavy atom. The van der Waals surface area contributed by atoms with E-state index in [1.165, 1.54) is 6.20 Å². The van der Waals surface area contributed by atoms with Crippen LogP contribution in [0.15, 0.2) is 47.6 Å². The number of anilines is 1. The van der Waals surface area contributed by atoms with Gasteiger partial charge in [-0.25, -0.2) is 18.6 Å². The Morgan fingerprint density at radius 1 is 1.05 bits per heavy atom. The van der Waals surface area contributed by atoms with Crippen LogP contribution in [0.4, 0.5) is 36.6 Å². The summed E-state index contributed by atoms with van der Waals surface area (Å²) in [6.45, 7) is 0.146. The lowest BCUT2D eigenvalue weighted by molar-refractivity contribution is -0.192. The Kier molecular flexibility index (Phi) is 7.66. The first-order valence-corrected chi connectivity index (χ1v) is 12.7. The summed E-state index contributed by atoms with van der Waals surface area (Å²) in [5.41, 5.74) is 6.37. The summed E-state index contributed by atoms with van der Waals surface area (Å²) in [4.78, 5) is 23.0. The lowest BCUT2D eigenvalue weighted by Gasteiger charge is -2.40. The maximum absolute atomic E-state index is 15.4. The van der Waals surface area contributed by atoms with E-state index in [0.717, 1.165) is 0 Å². The standard InChI is InChI=1S/C25H21F4N5O2.C2HF3O2/c26-22-15(2-1-7-31-22)14-3-4-18-16(10-14)25(13-35-12-19(30)33-25)17-11-20(32-23(27)21(17)36-18)34-8-5-24(28,29)6-9-34;3-2(4,5)1(6)7/h1-4,7,10-11H,5-6,8-9,12-13H2,(H2,30,33);(H,6,7)/t25-;/m0./s1. The van der Waals surface area contributed by atoms with Gasteiger partial charge < -0.3 is 25.2 Å². The van der Waals surface area contributed by atoms with Gasteiger partial charge in [0.05, 0.1) is 6.61 Å². The van der Waals surface area contributed by atoms with Gasteiger partial charge in [0.25, 0.3) is 11.9 Å². The maximum atomic E-state index is 15.4. The van der Waals surface area contributed by atoms with Gasteiger partial charge in [-0.2, -0.15) is 26.9 Å². The SMILES string of the molecule is NC1=N[C@@]2(COC1)c1cc(-c3cccnc3F)ccc1Oc1c2cc(N2CCC(F)(F)CC2)nc1F.O=C(O)C(F)(F)F. The summed E-state index contributed by atoms with van der Waals surface area (Å²) in [5, 5.41) is 7.12. The van der Waals surface area contributed by atoms with Gasteiger partial charge in [0, 0.05) is 48.8 Å². The number of aromatic nitrogens is 2. The van der Waals surface area contributed by atoms with Crippen LogP contribution in [0.5, 0.6) is 11.5 Å². The normalized spacial score (nSPS) is 20.6. The molecule has 0 unspecified atom stereocenters. The van der Waals surface area contributed by atoms with Gasteiger partial charge >= 0.3 is 12.1 Å². The fraction of sp³-hybridized carbons (Fsp3) is 0.333. The number of aliphatic carboxylic acids is 1. The van der Waals surface area contributed by atoms with Crippen LogP contribution in [-0.2, 0) is 15.1 Å². The minimum absolute atomic E-state index is 0.0109. The topological polar surface area (TPSA) is 123 Å². The molecule has 0 radical (unpaired) electrons. The molecule has 1 saturated heterocycles. The summed E-state index contributed by atoms with van der Waals surface area (Å²) in [6.07, 6.45) is -4.44. The van der Waals surface area contributed by atoms with Gasteiger partial charge in [0.2, 0.25) is 5.95 Å². The molecule has 6 rings (SSSR count). The highest BCUT2D eigenvalue weighted by atomic mass is 19.4. The molecule has 1 spiro atoms. The van der Waals surface area contributed by atoms with Crippen molar-refractivity contribution in [3.05, 3.63) is 65.6 Å². The number of pyridine rings is 2. The van der Waals surface area contributed by atoms with Gasteiger partial charge in [-0.3, -0.25) is 4.99 Å². The van der Waals surface area contributed by atoms with E-state index >= 15 is 4.39 Å². The number of carboxylic acid groups (broad SMARTS) is 1. The quantitative estimate of drug-likeness (QED) is 0.305. The van der Waals surface area contributed by atoms with E-state index < -0.39 is 35.5 Å². The molecule has 3 N–H and O–H groups in total. The highest BCUT2D eigenvalue weighted by Gasteiger charge is 2.47. The third-order valence-electron chi connectivity index (χ3n) is 7.03. The number of fused-ring (bicyclic) bond motifs is 4. The van der Waals surface area contributed by atoms with Crippen LogP contribution in [0, 0.1) is 11.9 Å². The molecule has 43 heavy (non-hydrogen) atoms. The Bertz CT molecular complexity index is 1590. The van der Waals surface area contributed by atoms with Crippen molar-refractivity contribution in [2.45, 2.75) is 30.5 Å². The van der Waals surface area contributed by atoms with Crippen molar-refractivity contribution in [3.63, 3.8) is 0 Å². The van der Waals surface area contributed by atoms with Gasteiger partial charge in [0.1, 0.15) is 29.5 Å². The molecule has 9 nitrogen and oxygen atoms in total. The number of nitrogens with two attached hydrogens (primary N) is 1. The van der Waals surface area contributed by atoms with Crippen molar-refractivity contribution in [1.82, 2.24) is 9.97 Å². The number of carboxylic acids is 1. The summed E-state index contributed by atoms with van der Waals surface area (Å²) >= 11 is 0. The number of carbonyl (C=O) groups is 1. The zero-order valence-electron chi connectivity index (χ0n) is 22.0. The zero-order chi connectivity index (χ0) is 31.2. The molecule has 16 heteroatoms. The molecule has 1 fully saturated rings. The highest BCUT2D eigenvalue weighted by molar-refractivity contribution is 5.84. The molecule has 0 amide bonds. The summed E-state index contributed by atoms with van der Waals surface area (Å²) < 4.78 is 101. The molecule has 3 aliphatic heterocycles. The lowest BCUT2D eigenvalue weighted by Crippen LogP contribution is -2.43. The van der Waals surface area contributed by atoms with Crippen molar-refractivity contribution in [1.29, 1.82) is 0 Å². The lowest BCUT2D eigenvalue weighted by atomic mass is 9.79. The van der Waals surface area contributed by atoms with E-state index in [9.17, 15) is 26.3 Å². The molecular formula is C27H22F7N5O4. The molecule has 0 saturated carbocycles. The number of alkyl halides is 5. The van der Waals surface area contributed by atoms with E-state index in [4.69, 9.17) is 30.1 Å². The predicted molar refractivity (Wildman–Crippen MR) is 137 cm³/mol. The number of ether oxygens (including phenoxy) is 2. The van der Waals surface area contributed by atoms with Crippen LogP contribution >= 0.6 is 0 Å². The van der Waals surface area contributed by atoms with Crippen molar-refractivity contribution < 1.29 is 50.1 Å². The smallest absolute Gasteiger partial charge is 0.475 e. The van der Waals surface area contributed by atoms with Gasteiger partial charge in [-0.15, -0.1) is 0 Å². The van der Waals surface area contributed by atoms with Crippen LogP contribution in [0.2, 0.25) is 0 Å². The number of halogens is 7. The number of nitrogens with zero attached hydrogens (tertiary/aromatic N) is 4. The van der Waals surface area contributed by atoms with Crippen molar-refractivity contribution >= 4 is 17.6 Å². The van der Waals surface area contributed by atoms with Crippen LogP contribution in [0.1, 0.15) is 24.0 Å². The number of piperidine rings is 1. The van der Waals surface area contributed by atoms with E-state index in [0.29, 0.717) is 22.4 Å². The van der Waals surface area contributed by atoms with E-state index in [-0.39, 0.29) is 62.1 Å². The third-order valence-corrected chi connectivity index (χ3v) is 7.03.